The summed E-state index contributed by atoms with van der Waals surface area (Å²) < 4.78 is 7.54. The van der Waals surface area contributed by atoms with Crippen LogP contribution in [-0.2, 0) is 23.0 Å². The van der Waals surface area contributed by atoms with Crippen LogP contribution in [0.4, 0.5) is 0 Å². The fourth-order valence-corrected chi connectivity index (χ4v) is 3.09. The molecule has 2 aliphatic rings. The van der Waals surface area contributed by atoms with Crippen molar-refractivity contribution in [2.75, 3.05) is 33.3 Å². The zero-order valence-electron chi connectivity index (χ0n) is 12.2. The van der Waals surface area contributed by atoms with Crippen molar-refractivity contribution in [2.45, 2.75) is 25.0 Å². The minimum absolute atomic E-state index is 0.168. The minimum Gasteiger partial charge on any atom is -0.375 e. The number of ether oxygens (including phenoxy) is 1. The smallest absolute Gasteiger partial charge is 0.228 e. The molecule has 6 nitrogen and oxygen atoms in total. The van der Waals surface area contributed by atoms with Crippen LogP contribution in [-0.4, -0.2) is 70.9 Å². The number of piperidine rings is 1. The van der Waals surface area contributed by atoms with E-state index in [9.17, 15) is 4.79 Å². The molecule has 110 valence electrons. The molecule has 1 aromatic heterocycles. The van der Waals surface area contributed by atoms with E-state index in [1.165, 1.54) is 0 Å². The van der Waals surface area contributed by atoms with E-state index in [0.717, 1.165) is 38.4 Å². The lowest BCUT2D eigenvalue weighted by Gasteiger charge is -2.45. The fourth-order valence-electron chi connectivity index (χ4n) is 3.09. The summed E-state index contributed by atoms with van der Waals surface area (Å²) in [4.78, 5) is 16.6. The average Bonchev–Trinajstić information content (AvgIpc) is 2.84. The molecule has 3 rings (SSSR count). The number of aryl methyl sites for hydroxylation is 1. The molecular formula is C14H22N4O2. The van der Waals surface area contributed by atoms with Gasteiger partial charge >= 0.3 is 0 Å². The molecule has 20 heavy (non-hydrogen) atoms. The quantitative estimate of drug-likeness (QED) is 0.758. The maximum absolute atomic E-state index is 12.4. The number of likely N-dealkylation sites (tertiary alicyclic amines) is 1. The van der Waals surface area contributed by atoms with Crippen LogP contribution < -0.4 is 0 Å². The maximum Gasteiger partial charge on any atom is 0.228 e. The third kappa shape index (κ3) is 2.71. The van der Waals surface area contributed by atoms with Gasteiger partial charge < -0.3 is 9.64 Å². The highest BCUT2D eigenvalue weighted by molar-refractivity contribution is 5.78. The molecule has 3 heterocycles. The van der Waals surface area contributed by atoms with Crippen LogP contribution >= 0.6 is 0 Å². The zero-order chi connectivity index (χ0) is 14.1. The first kappa shape index (κ1) is 13.6. The number of morpholine rings is 1. The number of aromatic nitrogens is 2. The molecule has 0 N–H and O–H groups in total. The first-order valence-corrected chi connectivity index (χ1v) is 7.21. The van der Waals surface area contributed by atoms with Crippen LogP contribution in [0.25, 0.3) is 0 Å². The van der Waals surface area contributed by atoms with Gasteiger partial charge in [0.2, 0.25) is 5.91 Å². The summed E-state index contributed by atoms with van der Waals surface area (Å²) in [7, 11) is 3.99. The summed E-state index contributed by atoms with van der Waals surface area (Å²) in [5, 5.41) is 4.28. The van der Waals surface area contributed by atoms with Gasteiger partial charge in [0.05, 0.1) is 30.9 Å². The molecule has 6 heteroatoms. The van der Waals surface area contributed by atoms with Crippen molar-refractivity contribution in [3.8, 4) is 0 Å². The number of rotatable bonds is 2. The number of hydrogen-bond acceptors (Lipinski definition) is 4. The number of fused-ring (bicyclic) bond motifs is 1. The summed E-state index contributed by atoms with van der Waals surface area (Å²) in [6.07, 6.45) is 3.48. The van der Waals surface area contributed by atoms with E-state index in [4.69, 9.17) is 4.74 Å². The molecule has 2 fully saturated rings. The van der Waals surface area contributed by atoms with Gasteiger partial charge in [-0.05, 0) is 19.5 Å². The molecule has 0 spiro atoms. The number of carbonyl (C=O) groups is 1. The Morgan fingerprint density at radius 1 is 1.45 bits per heavy atom. The van der Waals surface area contributed by atoms with Crippen LogP contribution in [0.3, 0.4) is 0 Å². The Labute approximate surface area is 119 Å². The second kappa shape index (κ2) is 5.54. The Hall–Kier alpha value is -1.40. The van der Waals surface area contributed by atoms with Crippen molar-refractivity contribution in [1.82, 2.24) is 19.6 Å². The molecule has 0 unspecified atom stereocenters. The third-order valence-corrected chi connectivity index (χ3v) is 4.32. The van der Waals surface area contributed by atoms with Crippen molar-refractivity contribution in [3.05, 3.63) is 18.0 Å². The van der Waals surface area contributed by atoms with Crippen LogP contribution in [0, 0.1) is 0 Å². The van der Waals surface area contributed by atoms with Gasteiger partial charge in [0.1, 0.15) is 0 Å². The van der Waals surface area contributed by atoms with Crippen molar-refractivity contribution in [2.24, 2.45) is 7.05 Å². The summed E-state index contributed by atoms with van der Waals surface area (Å²) >= 11 is 0. The van der Waals surface area contributed by atoms with E-state index >= 15 is 0 Å². The van der Waals surface area contributed by atoms with E-state index in [2.05, 4.69) is 17.0 Å². The molecule has 0 bridgehead atoms. The van der Waals surface area contributed by atoms with Crippen LogP contribution in [0.15, 0.2) is 12.3 Å². The highest BCUT2D eigenvalue weighted by Crippen LogP contribution is 2.22. The van der Waals surface area contributed by atoms with Gasteiger partial charge in [-0.2, -0.15) is 5.10 Å². The second-order valence-electron chi connectivity index (χ2n) is 5.74. The van der Waals surface area contributed by atoms with Gasteiger partial charge in [-0.25, -0.2) is 0 Å². The average molecular weight is 278 g/mol. The van der Waals surface area contributed by atoms with Gasteiger partial charge in [0.15, 0.2) is 0 Å². The van der Waals surface area contributed by atoms with E-state index in [1.807, 2.05) is 24.2 Å². The molecule has 0 aliphatic carbocycles. The molecule has 0 radical (unpaired) electrons. The normalized spacial score (nSPS) is 27.4. The lowest BCUT2D eigenvalue weighted by atomic mass is 9.99. The van der Waals surface area contributed by atoms with Gasteiger partial charge in [-0.1, -0.05) is 0 Å². The van der Waals surface area contributed by atoms with Crippen molar-refractivity contribution >= 4 is 5.91 Å². The molecule has 1 amide bonds. The second-order valence-corrected chi connectivity index (χ2v) is 5.74. The number of carbonyl (C=O) groups excluding carboxylic acids is 1. The zero-order valence-corrected chi connectivity index (χ0v) is 12.2. The Morgan fingerprint density at radius 2 is 2.30 bits per heavy atom. The maximum atomic E-state index is 12.4. The summed E-state index contributed by atoms with van der Waals surface area (Å²) in [6, 6.07) is 2.24. The van der Waals surface area contributed by atoms with Crippen molar-refractivity contribution < 1.29 is 9.53 Å². The number of nitrogens with zero attached hydrogens (tertiary/aromatic N) is 4. The van der Waals surface area contributed by atoms with E-state index in [-0.39, 0.29) is 12.0 Å². The first-order valence-electron chi connectivity index (χ1n) is 7.21. The number of amides is 1. The fraction of sp³-hybridized carbons (Fsp3) is 0.714. The molecule has 0 aromatic carbocycles. The summed E-state index contributed by atoms with van der Waals surface area (Å²) in [5.41, 5.74) is 0.841. The largest absolute Gasteiger partial charge is 0.375 e. The Kier molecular flexibility index (Phi) is 3.76. The summed E-state index contributed by atoms with van der Waals surface area (Å²) in [5.74, 6) is 0.168. The molecule has 2 atom stereocenters. The van der Waals surface area contributed by atoms with Gasteiger partial charge in [0, 0.05) is 32.9 Å². The van der Waals surface area contributed by atoms with E-state index in [0.29, 0.717) is 12.5 Å². The lowest BCUT2D eigenvalue weighted by Crippen LogP contribution is -2.59. The molecular weight excluding hydrogens is 256 g/mol. The topological polar surface area (TPSA) is 50.6 Å². The standard InChI is InChI=1S/C14H22N4O2/c1-16-7-8-20-13-4-6-18(10-12(13)16)14(19)9-11-3-5-17(2)15-11/h3,5,12-13H,4,6-10H2,1-2H3/t12-,13-/m0/s1. The molecule has 2 saturated heterocycles. The van der Waals surface area contributed by atoms with Gasteiger partial charge in [0.25, 0.3) is 0 Å². The van der Waals surface area contributed by atoms with Crippen LogP contribution in [0.2, 0.25) is 0 Å². The van der Waals surface area contributed by atoms with Crippen LogP contribution in [0.1, 0.15) is 12.1 Å². The van der Waals surface area contributed by atoms with E-state index < -0.39 is 0 Å². The van der Waals surface area contributed by atoms with Gasteiger partial charge in [-0.15, -0.1) is 0 Å². The van der Waals surface area contributed by atoms with Crippen molar-refractivity contribution in [3.63, 3.8) is 0 Å². The predicted octanol–water partition coefficient (Wildman–Crippen LogP) is -0.106. The molecule has 1 aromatic rings. The minimum atomic E-state index is 0.168. The highest BCUT2D eigenvalue weighted by atomic mass is 16.5. The Bertz CT molecular complexity index is 487. The number of likely N-dealkylation sites (N-methyl/N-ethyl adjacent to an activating group) is 1. The van der Waals surface area contributed by atoms with Gasteiger partial charge in [-0.3, -0.25) is 14.4 Å². The highest BCUT2D eigenvalue weighted by Gasteiger charge is 2.36. The lowest BCUT2D eigenvalue weighted by molar-refractivity contribution is -0.140. The monoisotopic (exact) mass is 278 g/mol. The van der Waals surface area contributed by atoms with Crippen LogP contribution in [0.5, 0.6) is 0 Å². The SMILES string of the molecule is CN1CCO[C@H]2CCN(C(=O)Cc3ccn(C)n3)C[C@@H]21. The number of hydrogen-bond donors (Lipinski definition) is 0. The Morgan fingerprint density at radius 3 is 3.05 bits per heavy atom. The molecule has 0 saturated carbocycles. The molecule has 2 aliphatic heterocycles. The van der Waals surface area contributed by atoms with E-state index in [1.54, 1.807) is 4.68 Å². The predicted molar refractivity (Wildman–Crippen MR) is 74.3 cm³/mol. The first-order chi connectivity index (χ1) is 9.63. The summed E-state index contributed by atoms with van der Waals surface area (Å²) in [6.45, 7) is 3.32. The third-order valence-electron chi connectivity index (χ3n) is 4.32. The Balaban J connectivity index is 1.61. The van der Waals surface area contributed by atoms with Crippen molar-refractivity contribution in [1.29, 1.82) is 0 Å².